The van der Waals surface area contributed by atoms with Gasteiger partial charge in [0.05, 0.1) is 12.2 Å². The monoisotopic (exact) mass is 224 g/mol. The quantitative estimate of drug-likeness (QED) is 0.645. The van der Waals surface area contributed by atoms with Gasteiger partial charge < -0.3 is 4.74 Å². The second-order valence-electron chi connectivity index (χ2n) is 4.90. The number of nitrogens with one attached hydrogen (secondary N) is 1. The fraction of sp³-hybridized carbons (Fsp3) is 0.923. The molecule has 1 aliphatic carbocycles. The van der Waals surface area contributed by atoms with Crippen LogP contribution in [0.5, 0.6) is 0 Å². The summed E-state index contributed by atoms with van der Waals surface area (Å²) in [4.78, 5) is 0. The fourth-order valence-electron chi connectivity index (χ4n) is 1.80. The maximum atomic E-state index is 9.12. The summed E-state index contributed by atoms with van der Waals surface area (Å²) in [6.45, 7) is 5.81. The maximum Gasteiger partial charge on any atom is 0.104 e. The fourth-order valence-corrected chi connectivity index (χ4v) is 1.80. The Bertz CT molecular complexity index is 233. The first-order chi connectivity index (χ1) is 7.70. The van der Waals surface area contributed by atoms with Crippen molar-refractivity contribution in [2.24, 2.45) is 0 Å². The van der Waals surface area contributed by atoms with Gasteiger partial charge in [0.2, 0.25) is 0 Å². The van der Waals surface area contributed by atoms with Crippen LogP contribution >= 0.6 is 0 Å². The molecule has 1 atom stereocenters. The minimum atomic E-state index is -0.376. The van der Waals surface area contributed by atoms with E-state index >= 15 is 0 Å². The molecule has 3 heteroatoms. The molecular weight excluding hydrogens is 200 g/mol. The Kier molecular flexibility index (Phi) is 5.79. The van der Waals surface area contributed by atoms with Gasteiger partial charge in [-0.25, -0.2) is 0 Å². The highest BCUT2D eigenvalue weighted by molar-refractivity contribution is 5.03. The number of rotatable bonds is 8. The Morgan fingerprint density at radius 3 is 2.75 bits per heavy atom. The lowest BCUT2D eigenvalue weighted by Crippen LogP contribution is -2.41. The van der Waals surface area contributed by atoms with Crippen LogP contribution in [0, 0.1) is 11.3 Å². The lowest BCUT2D eigenvalue weighted by Gasteiger charge is -2.27. The number of hydrogen-bond acceptors (Lipinski definition) is 3. The van der Waals surface area contributed by atoms with Crippen molar-refractivity contribution in [3.8, 4) is 6.07 Å². The number of ether oxygens (including phenoxy) is 1. The van der Waals surface area contributed by atoms with Crippen LogP contribution in [-0.2, 0) is 4.74 Å². The number of nitrogens with zero attached hydrogens (tertiary/aromatic N) is 1. The van der Waals surface area contributed by atoms with Crippen molar-refractivity contribution in [1.29, 1.82) is 5.26 Å². The normalized spacial score (nSPS) is 19.8. The van der Waals surface area contributed by atoms with Gasteiger partial charge in [-0.15, -0.1) is 0 Å². The van der Waals surface area contributed by atoms with Crippen molar-refractivity contribution in [3.05, 3.63) is 0 Å². The van der Waals surface area contributed by atoms with E-state index in [0.29, 0.717) is 6.10 Å². The average molecular weight is 224 g/mol. The molecule has 3 nitrogen and oxygen atoms in total. The summed E-state index contributed by atoms with van der Waals surface area (Å²) in [5, 5.41) is 12.4. The maximum absolute atomic E-state index is 9.12. The summed E-state index contributed by atoms with van der Waals surface area (Å²) >= 11 is 0. The highest BCUT2D eigenvalue weighted by Crippen LogP contribution is 2.22. The van der Waals surface area contributed by atoms with E-state index in [0.717, 1.165) is 32.4 Å². The molecule has 0 aliphatic heterocycles. The van der Waals surface area contributed by atoms with Crippen LogP contribution in [0.1, 0.15) is 52.4 Å². The largest absolute Gasteiger partial charge is 0.378 e. The average Bonchev–Trinajstić information content (AvgIpc) is 2.24. The summed E-state index contributed by atoms with van der Waals surface area (Å²) in [7, 11) is 0. The molecule has 0 spiro atoms. The zero-order chi connectivity index (χ0) is 11.9. The van der Waals surface area contributed by atoms with Gasteiger partial charge in [-0.3, -0.25) is 5.32 Å². The first-order valence-electron chi connectivity index (χ1n) is 6.48. The molecule has 0 heterocycles. The van der Waals surface area contributed by atoms with Gasteiger partial charge in [-0.1, -0.05) is 6.92 Å². The molecule has 1 fully saturated rings. The van der Waals surface area contributed by atoms with Crippen molar-refractivity contribution in [2.75, 3.05) is 13.2 Å². The highest BCUT2D eigenvalue weighted by Gasteiger charge is 2.22. The zero-order valence-electron chi connectivity index (χ0n) is 10.6. The molecular formula is C13H24N2O. The summed E-state index contributed by atoms with van der Waals surface area (Å²) in [5.74, 6) is 0. The molecule has 0 amide bonds. The second kappa shape index (κ2) is 6.88. The molecule has 0 aromatic rings. The third-order valence-corrected chi connectivity index (χ3v) is 3.24. The molecule has 0 radical (unpaired) electrons. The van der Waals surface area contributed by atoms with Crippen molar-refractivity contribution in [2.45, 2.75) is 64.0 Å². The van der Waals surface area contributed by atoms with Crippen LogP contribution in [0.2, 0.25) is 0 Å². The van der Waals surface area contributed by atoms with Crippen molar-refractivity contribution < 1.29 is 4.74 Å². The predicted octanol–water partition coefficient (Wildman–Crippen LogP) is 2.62. The van der Waals surface area contributed by atoms with E-state index < -0.39 is 0 Å². The lowest BCUT2D eigenvalue weighted by atomic mass is 9.95. The Morgan fingerprint density at radius 2 is 2.25 bits per heavy atom. The van der Waals surface area contributed by atoms with Crippen molar-refractivity contribution in [3.63, 3.8) is 0 Å². The Labute approximate surface area is 99.2 Å². The molecule has 1 saturated carbocycles. The van der Waals surface area contributed by atoms with Crippen LogP contribution < -0.4 is 5.32 Å². The van der Waals surface area contributed by atoms with Crippen LogP contribution in [-0.4, -0.2) is 24.8 Å². The standard InChI is InChI=1S/C13H24N2O/c1-3-9-15-13(2,11-14)8-5-10-16-12-6-4-7-12/h12,15H,3-10H2,1-2H3. The molecule has 16 heavy (non-hydrogen) atoms. The number of hydrogen-bond donors (Lipinski definition) is 1. The van der Waals surface area contributed by atoms with Gasteiger partial charge in [-0.2, -0.15) is 5.26 Å². The molecule has 1 unspecified atom stereocenters. The smallest absolute Gasteiger partial charge is 0.104 e. The van der Waals surface area contributed by atoms with E-state index in [9.17, 15) is 0 Å². The first-order valence-corrected chi connectivity index (χ1v) is 6.48. The van der Waals surface area contributed by atoms with E-state index in [2.05, 4.69) is 18.3 Å². The molecule has 92 valence electrons. The Hall–Kier alpha value is -0.590. The zero-order valence-corrected chi connectivity index (χ0v) is 10.6. The minimum absolute atomic E-state index is 0.376. The second-order valence-corrected chi connectivity index (χ2v) is 4.90. The lowest BCUT2D eigenvalue weighted by molar-refractivity contribution is -0.000565. The summed E-state index contributed by atoms with van der Waals surface area (Å²) in [6.07, 6.45) is 7.19. The molecule has 1 rings (SSSR count). The van der Waals surface area contributed by atoms with Crippen LogP contribution in [0.4, 0.5) is 0 Å². The predicted molar refractivity (Wildman–Crippen MR) is 65.1 cm³/mol. The van der Waals surface area contributed by atoms with Gasteiger partial charge in [0.15, 0.2) is 0 Å². The van der Waals surface area contributed by atoms with Gasteiger partial charge in [0.25, 0.3) is 0 Å². The van der Waals surface area contributed by atoms with Gasteiger partial charge in [0, 0.05) is 6.61 Å². The Morgan fingerprint density at radius 1 is 1.50 bits per heavy atom. The molecule has 1 aliphatic rings. The molecule has 0 aromatic heterocycles. The van der Waals surface area contributed by atoms with Crippen molar-refractivity contribution >= 4 is 0 Å². The van der Waals surface area contributed by atoms with Crippen LogP contribution in [0.3, 0.4) is 0 Å². The number of nitriles is 1. The highest BCUT2D eigenvalue weighted by atomic mass is 16.5. The summed E-state index contributed by atoms with van der Waals surface area (Å²) in [6, 6.07) is 2.36. The first kappa shape index (κ1) is 13.5. The Balaban J connectivity index is 2.09. The topological polar surface area (TPSA) is 45.0 Å². The molecule has 1 N–H and O–H groups in total. The third kappa shape index (κ3) is 4.51. The van der Waals surface area contributed by atoms with Crippen LogP contribution in [0.15, 0.2) is 0 Å². The minimum Gasteiger partial charge on any atom is -0.378 e. The van der Waals surface area contributed by atoms with Gasteiger partial charge in [0.1, 0.15) is 5.54 Å². The van der Waals surface area contributed by atoms with E-state index in [4.69, 9.17) is 10.00 Å². The van der Waals surface area contributed by atoms with Crippen LogP contribution in [0.25, 0.3) is 0 Å². The van der Waals surface area contributed by atoms with E-state index in [1.807, 2.05) is 6.92 Å². The summed E-state index contributed by atoms with van der Waals surface area (Å²) < 4.78 is 5.69. The summed E-state index contributed by atoms with van der Waals surface area (Å²) in [5.41, 5.74) is -0.376. The van der Waals surface area contributed by atoms with Crippen molar-refractivity contribution in [1.82, 2.24) is 5.32 Å². The molecule has 0 bridgehead atoms. The van der Waals surface area contributed by atoms with E-state index in [1.165, 1.54) is 19.3 Å². The van der Waals surface area contributed by atoms with Gasteiger partial charge >= 0.3 is 0 Å². The third-order valence-electron chi connectivity index (χ3n) is 3.24. The van der Waals surface area contributed by atoms with Gasteiger partial charge in [-0.05, 0) is 52.0 Å². The molecule has 0 saturated heterocycles. The van der Waals surface area contributed by atoms with E-state index in [-0.39, 0.29) is 5.54 Å². The SMILES string of the molecule is CCCNC(C)(C#N)CCCOC1CCC1. The molecule has 0 aromatic carbocycles. The van der Waals surface area contributed by atoms with E-state index in [1.54, 1.807) is 0 Å².